The van der Waals surface area contributed by atoms with Gasteiger partial charge in [-0.1, -0.05) is 36.4 Å². The normalized spacial score (nSPS) is 12.8. The minimum Gasteiger partial charge on any atom is -0.384 e. The zero-order valence-electron chi connectivity index (χ0n) is 10.4. The highest BCUT2D eigenvalue weighted by molar-refractivity contribution is 9.10. The maximum atomic E-state index is 10.6. The molecule has 1 N–H and O–H groups in total. The molecule has 96 valence electrons. The Bertz CT molecular complexity index is 732. The fourth-order valence-electron chi connectivity index (χ4n) is 2.31. The first-order chi connectivity index (χ1) is 9.18. The van der Waals surface area contributed by atoms with E-state index in [0.717, 1.165) is 26.5 Å². The van der Waals surface area contributed by atoms with Crippen LogP contribution in [0.2, 0.25) is 0 Å². The summed E-state index contributed by atoms with van der Waals surface area (Å²) in [7, 11) is 0. The van der Waals surface area contributed by atoms with Crippen molar-refractivity contribution in [2.24, 2.45) is 0 Å². The largest absolute Gasteiger partial charge is 0.384 e. The number of benzene rings is 2. The molecule has 3 aromatic rings. The molecule has 0 bridgehead atoms. The molecular formula is C16H13BrOS. The maximum absolute atomic E-state index is 10.6. The predicted octanol–water partition coefficient (Wildman–Crippen LogP) is 5.05. The zero-order chi connectivity index (χ0) is 13.4. The van der Waals surface area contributed by atoms with Gasteiger partial charge in [0, 0.05) is 14.7 Å². The Hall–Kier alpha value is -1.16. The number of hydrogen-bond acceptors (Lipinski definition) is 2. The average Bonchev–Trinajstić information content (AvgIpc) is 2.84. The minimum atomic E-state index is -0.566. The van der Waals surface area contributed by atoms with Gasteiger partial charge in [0.2, 0.25) is 0 Å². The number of aliphatic hydroxyl groups excluding tert-OH is 1. The predicted molar refractivity (Wildman–Crippen MR) is 84.8 cm³/mol. The third-order valence-electron chi connectivity index (χ3n) is 3.36. The standard InChI is InChI=1S/C16H13BrOS/c1-10-5-2-3-6-11(10)15(18)13-9-19-16-12(13)7-4-8-14(16)17/h2-9,15,18H,1H3. The number of fused-ring (bicyclic) bond motifs is 1. The Morgan fingerprint density at radius 1 is 1.05 bits per heavy atom. The third-order valence-corrected chi connectivity index (χ3v) is 5.33. The molecular weight excluding hydrogens is 320 g/mol. The Labute approximate surface area is 124 Å². The lowest BCUT2D eigenvalue weighted by atomic mass is 9.97. The van der Waals surface area contributed by atoms with E-state index >= 15 is 0 Å². The van der Waals surface area contributed by atoms with E-state index in [1.54, 1.807) is 11.3 Å². The van der Waals surface area contributed by atoms with Gasteiger partial charge in [-0.2, -0.15) is 0 Å². The van der Waals surface area contributed by atoms with Gasteiger partial charge in [-0.25, -0.2) is 0 Å². The van der Waals surface area contributed by atoms with Gasteiger partial charge >= 0.3 is 0 Å². The van der Waals surface area contributed by atoms with E-state index in [0.29, 0.717) is 0 Å². The molecule has 0 amide bonds. The van der Waals surface area contributed by atoms with Crippen molar-refractivity contribution in [1.82, 2.24) is 0 Å². The van der Waals surface area contributed by atoms with Gasteiger partial charge in [0.05, 0.1) is 0 Å². The molecule has 0 spiro atoms. The molecule has 1 nitrogen and oxygen atoms in total. The molecule has 1 heterocycles. The van der Waals surface area contributed by atoms with Crippen LogP contribution in [0.3, 0.4) is 0 Å². The summed E-state index contributed by atoms with van der Waals surface area (Å²) in [5, 5.41) is 13.8. The van der Waals surface area contributed by atoms with Crippen LogP contribution in [-0.2, 0) is 0 Å². The van der Waals surface area contributed by atoms with Crippen molar-refractivity contribution in [2.75, 3.05) is 0 Å². The summed E-state index contributed by atoms with van der Waals surface area (Å²) in [6.45, 7) is 2.03. The molecule has 1 unspecified atom stereocenters. The number of hydrogen-bond donors (Lipinski definition) is 1. The highest BCUT2D eigenvalue weighted by Crippen LogP contribution is 2.37. The summed E-state index contributed by atoms with van der Waals surface area (Å²) in [5.41, 5.74) is 3.07. The minimum absolute atomic E-state index is 0.566. The Balaban J connectivity index is 2.15. The second kappa shape index (κ2) is 5.08. The molecule has 0 aliphatic rings. The van der Waals surface area contributed by atoms with Crippen LogP contribution >= 0.6 is 27.3 Å². The fraction of sp³-hybridized carbons (Fsp3) is 0.125. The molecule has 19 heavy (non-hydrogen) atoms. The van der Waals surface area contributed by atoms with Crippen LogP contribution in [0.5, 0.6) is 0 Å². The summed E-state index contributed by atoms with van der Waals surface area (Å²) >= 11 is 5.22. The average molecular weight is 333 g/mol. The van der Waals surface area contributed by atoms with Gasteiger partial charge in [0.25, 0.3) is 0 Å². The summed E-state index contributed by atoms with van der Waals surface area (Å²) in [5.74, 6) is 0. The van der Waals surface area contributed by atoms with Crippen molar-refractivity contribution in [3.8, 4) is 0 Å². The molecule has 0 aliphatic carbocycles. The molecule has 3 rings (SSSR count). The first kappa shape index (κ1) is 12.9. The van der Waals surface area contributed by atoms with E-state index in [4.69, 9.17) is 0 Å². The first-order valence-electron chi connectivity index (χ1n) is 6.07. The van der Waals surface area contributed by atoms with Crippen LogP contribution in [0.15, 0.2) is 52.3 Å². The van der Waals surface area contributed by atoms with Crippen molar-refractivity contribution < 1.29 is 5.11 Å². The lowest BCUT2D eigenvalue weighted by Gasteiger charge is -2.13. The molecule has 1 aromatic heterocycles. The Morgan fingerprint density at radius 2 is 1.84 bits per heavy atom. The lowest BCUT2D eigenvalue weighted by Crippen LogP contribution is -2.00. The quantitative estimate of drug-likeness (QED) is 0.695. The van der Waals surface area contributed by atoms with Gasteiger partial charge in [0.1, 0.15) is 6.10 Å². The Kier molecular flexibility index (Phi) is 3.44. The van der Waals surface area contributed by atoms with Gasteiger partial charge in [0.15, 0.2) is 0 Å². The van der Waals surface area contributed by atoms with Crippen molar-refractivity contribution in [2.45, 2.75) is 13.0 Å². The number of thiophene rings is 1. The van der Waals surface area contributed by atoms with Crippen molar-refractivity contribution in [3.63, 3.8) is 0 Å². The van der Waals surface area contributed by atoms with Crippen molar-refractivity contribution >= 4 is 37.4 Å². The van der Waals surface area contributed by atoms with Crippen LogP contribution in [-0.4, -0.2) is 5.11 Å². The highest BCUT2D eigenvalue weighted by Gasteiger charge is 2.17. The molecule has 0 fully saturated rings. The Morgan fingerprint density at radius 3 is 2.63 bits per heavy atom. The molecule has 0 radical (unpaired) electrons. The van der Waals surface area contributed by atoms with Crippen LogP contribution in [0.25, 0.3) is 10.1 Å². The summed E-state index contributed by atoms with van der Waals surface area (Å²) < 4.78 is 2.27. The molecule has 0 saturated carbocycles. The van der Waals surface area contributed by atoms with Crippen LogP contribution in [0.1, 0.15) is 22.8 Å². The smallest absolute Gasteiger partial charge is 0.106 e. The molecule has 1 atom stereocenters. The van der Waals surface area contributed by atoms with Crippen LogP contribution in [0.4, 0.5) is 0 Å². The number of rotatable bonds is 2. The number of aliphatic hydroxyl groups is 1. The highest BCUT2D eigenvalue weighted by atomic mass is 79.9. The third kappa shape index (κ3) is 2.22. The topological polar surface area (TPSA) is 20.2 Å². The fourth-order valence-corrected chi connectivity index (χ4v) is 3.96. The van der Waals surface area contributed by atoms with E-state index < -0.39 is 6.10 Å². The van der Waals surface area contributed by atoms with E-state index in [1.165, 1.54) is 4.70 Å². The molecule has 0 aliphatic heterocycles. The number of halogens is 1. The zero-order valence-corrected chi connectivity index (χ0v) is 12.8. The van der Waals surface area contributed by atoms with Crippen molar-refractivity contribution in [1.29, 1.82) is 0 Å². The van der Waals surface area contributed by atoms with Crippen molar-refractivity contribution in [3.05, 3.63) is 69.0 Å². The van der Waals surface area contributed by atoms with Gasteiger partial charge in [-0.15, -0.1) is 11.3 Å². The summed E-state index contributed by atoms with van der Waals surface area (Å²) in [4.78, 5) is 0. The first-order valence-corrected chi connectivity index (χ1v) is 7.75. The summed E-state index contributed by atoms with van der Waals surface area (Å²) in [6.07, 6.45) is -0.566. The second-order valence-corrected chi connectivity index (χ2v) is 6.30. The van der Waals surface area contributed by atoms with E-state index in [9.17, 15) is 5.11 Å². The van der Waals surface area contributed by atoms with E-state index in [2.05, 4.69) is 22.0 Å². The summed E-state index contributed by atoms with van der Waals surface area (Å²) in [6, 6.07) is 14.1. The van der Waals surface area contributed by atoms with Crippen LogP contribution in [0, 0.1) is 6.92 Å². The van der Waals surface area contributed by atoms with Gasteiger partial charge < -0.3 is 5.11 Å². The lowest BCUT2D eigenvalue weighted by molar-refractivity contribution is 0.221. The SMILES string of the molecule is Cc1ccccc1C(O)c1csc2c(Br)cccc12. The maximum Gasteiger partial charge on any atom is 0.106 e. The molecule has 0 saturated heterocycles. The molecule has 2 aromatic carbocycles. The van der Waals surface area contributed by atoms with Crippen LogP contribution < -0.4 is 0 Å². The molecule has 3 heteroatoms. The van der Waals surface area contributed by atoms with Gasteiger partial charge in [-0.3, -0.25) is 0 Å². The monoisotopic (exact) mass is 332 g/mol. The van der Waals surface area contributed by atoms with Gasteiger partial charge in [-0.05, 0) is 50.8 Å². The van der Waals surface area contributed by atoms with E-state index in [-0.39, 0.29) is 0 Å². The second-order valence-electron chi connectivity index (χ2n) is 4.57. The number of aryl methyl sites for hydroxylation is 1. The van der Waals surface area contributed by atoms with E-state index in [1.807, 2.05) is 48.7 Å².